The molecule has 15 nitrogen and oxygen atoms in total. The van der Waals surface area contributed by atoms with Gasteiger partial charge in [0.05, 0.1) is 30.1 Å². The number of nitrogens with two attached hydrogens (primary N) is 1. The van der Waals surface area contributed by atoms with Gasteiger partial charge < -0.3 is 30.0 Å². The Hall–Kier alpha value is -5.34. The number of azide groups is 1. The average molecular weight is 745 g/mol. The molecule has 1 saturated heterocycles. The van der Waals surface area contributed by atoms with Crippen LogP contribution >= 0.6 is 0 Å². The van der Waals surface area contributed by atoms with Crippen LogP contribution in [0.2, 0.25) is 0 Å². The molecular weight excluding hydrogens is 696 g/mol. The molecule has 1 fully saturated rings. The summed E-state index contributed by atoms with van der Waals surface area (Å²) in [6.45, 7) is 7.47. The van der Waals surface area contributed by atoms with Crippen LogP contribution in [0.5, 0.6) is 0 Å². The van der Waals surface area contributed by atoms with Gasteiger partial charge in [-0.15, -0.1) is 0 Å². The Bertz CT molecular complexity index is 1840. The molecule has 2 amide bonds. The van der Waals surface area contributed by atoms with Crippen LogP contribution < -0.4 is 5.73 Å². The molecule has 288 valence electrons. The summed E-state index contributed by atoms with van der Waals surface area (Å²) >= 11 is 0. The maximum Gasteiger partial charge on any atom is 0.405 e. The summed E-state index contributed by atoms with van der Waals surface area (Å²) in [5, 5.41) is 15.0. The fraction of sp³-hybridized carbons (Fsp3) is 0.462. The molecule has 3 aliphatic rings. The molecule has 2 bridgehead atoms. The van der Waals surface area contributed by atoms with E-state index in [4.69, 9.17) is 25.5 Å². The molecule has 6 atom stereocenters. The highest BCUT2D eigenvalue weighted by Crippen LogP contribution is 2.34. The number of nitrogens with zero attached hydrogens (tertiary/aromatic N) is 5. The second-order valence-corrected chi connectivity index (χ2v) is 13.8. The highest BCUT2D eigenvalue weighted by molar-refractivity contribution is 6.24. The van der Waals surface area contributed by atoms with Crippen molar-refractivity contribution in [3.8, 4) is 0 Å². The predicted molar refractivity (Wildman–Crippen MR) is 199 cm³/mol. The van der Waals surface area contributed by atoms with Crippen LogP contribution in [0.15, 0.2) is 87.9 Å². The number of carbonyl (C=O) groups excluding carboxylic acids is 5. The van der Waals surface area contributed by atoms with Crippen molar-refractivity contribution in [3.05, 3.63) is 98.8 Å². The van der Waals surface area contributed by atoms with Crippen molar-refractivity contribution < 1.29 is 43.3 Å². The first-order chi connectivity index (χ1) is 25.7. The van der Waals surface area contributed by atoms with E-state index in [1.165, 1.54) is 57.6 Å². The van der Waals surface area contributed by atoms with E-state index in [0.29, 0.717) is 25.1 Å². The topological polar surface area (TPSA) is 215 Å². The number of aliphatic hydroxyl groups excluding tert-OH is 1. The van der Waals surface area contributed by atoms with E-state index in [-0.39, 0.29) is 46.1 Å². The molecule has 0 spiro atoms. The van der Waals surface area contributed by atoms with Gasteiger partial charge in [0.25, 0.3) is 5.91 Å². The zero-order chi connectivity index (χ0) is 39.7. The number of methoxy groups -OCH3 is 2. The van der Waals surface area contributed by atoms with Gasteiger partial charge in [-0.05, 0) is 50.1 Å². The molecule has 0 saturated carbocycles. The number of hydrogen-bond donors (Lipinski definition) is 2. The second-order valence-electron chi connectivity index (χ2n) is 13.8. The van der Waals surface area contributed by atoms with Gasteiger partial charge in [-0.2, -0.15) is 0 Å². The number of fused-ring (bicyclic) bond motifs is 2. The predicted octanol–water partition coefficient (Wildman–Crippen LogP) is 5.00. The standard InChI is InChI=1S/C39H48N6O9/c1-22-17-28-34(44-15-8-16-44)30(46)20-29(36(28)49)45(21-31(47)26-11-13-27(14-12-26)42-43-41)38(50)23(2)9-7-10-32(52-5)37(54-39(40)51)25(4)19-24(3)35(48)33(18-22)53-6/h7,9-14,19-20,22,24,32-33,35,37,48H,8,15-18,21H2,1-6H3,(H2,40,51)/b10-7-,23-9+,25-19+/t22-,24+,32?,33+,35-,37+/m1/s1. The van der Waals surface area contributed by atoms with Gasteiger partial charge in [-0.1, -0.05) is 67.5 Å². The number of Topliss-reactive ketones (excluding diaryl/α,β-unsaturated/α-hetero) is 2. The van der Waals surface area contributed by atoms with Gasteiger partial charge in [0.2, 0.25) is 11.6 Å². The highest BCUT2D eigenvalue weighted by Gasteiger charge is 2.39. The van der Waals surface area contributed by atoms with Crippen LogP contribution in [0, 0.1) is 11.8 Å². The minimum absolute atomic E-state index is 0.110. The number of allylic oxidation sites excluding steroid dienone is 4. The Morgan fingerprint density at radius 1 is 1.07 bits per heavy atom. The zero-order valence-electron chi connectivity index (χ0n) is 31.4. The summed E-state index contributed by atoms with van der Waals surface area (Å²) in [6, 6.07) is 5.78. The second kappa shape index (κ2) is 18.6. The molecule has 54 heavy (non-hydrogen) atoms. The lowest BCUT2D eigenvalue weighted by atomic mass is 9.84. The van der Waals surface area contributed by atoms with Crippen molar-refractivity contribution in [1.29, 1.82) is 0 Å². The monoisotopic (exact) mass is 744 g/mol. The lowest BCUT2D eigenvalue weighted by Gasteiger charge is -2.38. The number of ketones is 3. The van der Waals surface area contributed by atoms with Gasteiger partial charge in [-0.25, -0.2) is 4.79 Å². The number of aliphatic hydroxyl groups is 1. The number of primary amides is 1. The minimum atomic E-state index is -1.04. The van der Waals surface area contributed by atoms with Gasteiger partial charge >= 0.3 is 6.09 Å². The molecule has 3 N–H and O–H groups in total. The highest BCUT2D eigenvalue weighted by atomic mass is 16.6. The first kappa shape index (κ1) is 41.4. The van der Waals surface area contributed by atoms with Crippen LogP contribution in [0.3, 0.4) is 0 Å². The fourth-order valence-electron chi connectivity index (χ4n) is 6.80. The third kappa shape index (κ3) is 9.79. The molecule has 2 heterocycles. The van der Waals surface area contributed by atoms with Crippen LogP contribution in [-0.4, -0.2) is 103 Å². The smallest absolute Gasteiger partial charge is 0.405 e. The van der Waals surface area contributed by atoms with E-state index in [1.54, 1.807) is 26.0 Å². The Balaban J connectivity index is 1.86. The van der Waals surface area contributed by atoms with Crippen molar-refractivity contribution >= 4 is 35.0 Å². The SMILES string of the molecule is COC1/C=C\C=C(/C)C(=O)N(CC(=O)c2ccc(N=[N+]=[N-])cc2)C2=CC(=O)C(N3CCC3)=C(C[C@@H](C)C[C@H](OC)[C@H](O)[C@@H](C)/C=C(\C)[C@@H]1OC(N)=O)C2=O. The largest absolute Gasteiger partial charge is 0.439 e. The molecule has 1 aromatic rings. The van der Waals surface area contributed by atoms with E-state index >= 15 is 0 Å². The molecular formula is C39H48N6O9. The number of rotatable bonds is 8. The maximum absolute atomic E-state index is 14.6. The van der Waals surface area contributed by atoms with E-state index < -0.39 is 66.2 Å². The molecule has 4 rings (SSSR count). The summed E-state index contributed by atoms with van der Waals surface area (Å²) in [5.74, 6) is -3.04. The molecule has 1 aromatic carbocycles. The number of ether oxygens (including phenoxy) is 3. The molecule has 2 aliphatic heterocycles. The maximum atomic E-state index is 14.6. The van der Waals surface area contributed by atoms with Crippen molar-refractivity contribution in [2.75, 3.05) is 33.9 Å². The lowest BCUT2D eigenvalue weighted by Crippen LogP contribution is -2.45. The minimum Gasteiger partial charge on any atom is -0.439 e. The average Bonchev–Trinajstić information content (AvgIpc) is 3.11. The third-order valence-corrected chi connectivity index (χ3v) is 9.84. The summed E-state index contributed by atoms with van der Waals surface area (Å²) in [4.78, 5) is 74.0. The first-order valence-electron chi connectivity index (χ1n) is 17.7. The van der Waals surface area contributed by atoms with Gasteiger partial charge in [-0.3, -0.25) is 24.1 Å². The zero-order valence-corrected chi connectivity index (χ0v) is 31.4. The Morgan fingerprint density at radius 2 is 1.76 bits per heavy atom. The van der Waals surface area contributed by atoms with Crippen molar-refractivity contribution in [2.45, 2.75) is 71.4 Å². The van der Waals surface area contributed by atoms with E-state index in [1.807, 2.05) is 11.8 Å². The number of likely N-dealkylation sites (tertiary alicyclic amines) is 1. The van der Waals surface area contributed by atoms with Crippen LogP contribution in [0.25, 0.3) is 10.4 Å². The number of amides is 2. The van der Waals surface area contributed by atoms with E-state index in [2.05, 4.69) is 10.0 Å². The molecule has 0 aromatic heterocycles. The van der Waals surface area contributed by atoms with Crippen LogP contribution in [0.4, 0.5) is 10.5 Å². The van der Waals surface area contributed by atoms with Crippen molar-refractivity contribution in [3.63, 3.8) is 0 Å². The number of benzene rings is 1. The molecule has 0 radical (unpaired) electrons. The van der Waals surface area contributed by atoms with Gasteiger partial charge in [0.15, 0.2) is 11.9 Å². The van der Waals surface area contributed by atoms with Gasteiger partial charge in [0, 0.05) is 66.6 Å². The molecule has 1 aliphatic carbocycles. The van der Waals surface area contributed by atoms with Gasteiger partial charge in [0.1, 0.15) is 6.10 Å². The van der Waals surface area contributed by atoms with E-state index in [9.17, 15) is 29.1 Å². The normalized spacial score (nSPS) is 28.5. The first-order valence-corrected chi connectivity index (χ1v) is 17.7. The number of carbonyl (C=O) groups is 5. The van der Waals surface area contributed by atoms with Crippen molar-refractivity contribution in [2.24, 2.45) is 22.7 Å². The lowest BCUT2D eigenvalue weighted by molar-refractivity contribution is -0.128. The van der Waals surface area contributed by atoms with Crippen LogP contribution in [0.1, 0.15) is 57.3 Å². The quantitative estimate of drug-likeness (QED) is 0.0907. The van der Waals surface area contributed by atoms with Crippen molar-refractivity contribution in [1.82, 2.24) is 9.80 Å². The van der Waals surface area contributed by atoms with Crippen LogP contribution in [-0.2, 0) is 28.6 Å². The Kier molecular flexibility index (Phi) is 14.3. The molecule has 15 heteroatoms. The molecule has 1 unspecified atom stereocenters. The summed E-state index contributed by atoms with van der Waals surface area (Å²) in [6.07, 6.45) is 4.01. The number of hydrogen-bond acceptors (Lipinski definition) is 11. The summed E-state index contributed by atoms with van der Waals surface area (Å²) < 4.78 is 16.8. The Morgan fingerprint density at radius 3 is 2.33 bits per heavy atom. The summed E-state index contributed by atoms with van der Waals surface area (Å²) in [5.41, 5.74) is 15.5. The Labute approximate surface area is 314 Å². The van der Waals surface area contributed by atoms with E-state index in [0.717, 1.165) is 17.4 Å². The fourth-order valence-corrected chi connectivity index (χ4v) is 6.80. The summed E-state index contributed by atoms with van der Waals surface area (Å²) in [7, 11) is 2.88. The third-order valence-electron chi connectivity index (χ3n) is 9.84.